The third kappa shape index (κ3) is 3.69. The maximum Gasteiger partial charge on any atom is 0.128 e. The molecule has 1 aliphatic heterocycles. The van der Waals surface area contributed by atoms with Crippen molar-refractivity contribution in [2.24, 2.45) is 5.92 Å². The molecule has 2 unspecified atom stereocenters. The van der Waals surface area contributed by atoms with E-state index >= 15 is 0 Å². The summed E-state index contributed by atoms with van der Waals surface area (Å²) < 4.78 is 10.6. The van der Waals surface area contributed by atoms with Crippen LogP contribution in [0.3, 0.4) is 0 Å². The van der Waals surface area contributed by atoms with Crippen LogP contribution in [0.5, 0.6) is 11.5 Å². The molecular formula is C17H27NO3. The molecule has 1 aliphatic rings. The highest BCUT2D eigenvalue weighted by atomic mass is 16.5. The van der Waals surface area contributed by atoms with Crippen LogP contribution in [0.15, 0.2) is 18.2 Å². The highest BCUT2D eigenvalue weighted by Crippen LogP contribution is 2.32. The first kappa shape index (κ1) is 16.1. The Bertz CT molecular complexity index is 461. The number of hydrogen-bond donors (Lipinski definition) is 1. The molecule has 2 atom stereocenters. The van der Waals surface area contributed by atoms with E-state index in [2.05, 4.69) is 18.7 Å². The highest BCUT2D eigenvalue weighted by molar-refractivity contribution is 5.42. The van der Waals surface area contributed by atoms with Gasteiger partial charge in [0.15, 0.2) is 0 Å². The number of nitrogens with zero attached hydrogens (tertiary/aromatic N) is 1. The zero-order valence-corrected chi connectivity index (χ0v) is 13.5. The molecular weight excluding hydrogens is 266 g/mol. The van der Waals surface area contributed by atoms with E-state index < -0.39 is 6.10 Å². The van der Waals surface area contributed by atoms with E-state index in [4.69, 9.17) is 9.47 Å². The zero-order chi connectivity index (χ0) is 15.4. The third-order valence-electron chi connectivity index (χ3n) is 4.39. The Labute approximate surface area is 127 Å². The SMILES string of the molecule is COc1ccc(C(O)CN2CCCC2C(C)C)c(OC)c1. The van der Waals surface area contributed by atoms with Crippen molar-refractivity contribution in [2.75, 3.05) is 27.3 Å². The molecule has 118 valence electrons. The van der Waals surface area contributed by atoms with Crippen LogP contribution in [0.4, 0.5) is 0 Å². The molecule has 0 aromatic heterocycles. The lowest BCUT2D eigenvalue weighted by atomic mass is 10.0. The number of hydrogen-bond acceptors (Lipinski definition) is 4. The molecule has 0 bridgehead atoms. The van der Waals surface area contributed by atoms with E-state index in [-0.39, 0.29) is 0 Å². The van der Waals surface area contributed by atoms with Crippen LogP contribution in [0.2, 0.25) is 0 Å². The monoisotopic (exact) mass is 293 g/mol. The lowest BCUT2D eigenvalue weighted by Crippen LogP contribution is -2.36. The van der Waals surface area contributed by atoms with Crippen molar-refractivity contribution >= 4 is 0 Å². The Kier molecular flexibility index (Phi) is 5.48. The first-order valence-electron chi connectivity index (χ1n) is 7.70. The molecule has 1 fully saturated rings. The molecule has 0 spiro atoms. The minimum atomic E-state index is -0.537. The Hall–Kier alpha value is -1.26. The quantitative estimate of drug-likeness (QED) is 0.876. The summed E-state index contributed by atoms with van der Waals surface area (Å²) in [5, 5.41) is 10.6. The van der Waals surface area contributed by atoms with Crippen LogP contribution in [0, 0.1) is 5.92 Å². The molecule has 0 amide bonds. The van der Waals surface area contributed by atoms with Gasteiger partial charge in [-0.1, -0.05) is 13.8 Å². The van der Waals surface area contributed by atoms with Crippen LogP contribution >= 0.6 is 0 Å². The molecule has 1 aromatic rings. The molecule has 0 aliphatic carbocycles. The molecule has 4 nitrogen and oxygen atoms in total. The number of benzene rings is 1. The molecule has 4 heteroatoms. The van der Waals surface area contributed by atoms with Gasteiger partial charge in [-0.2, -0.15) is 0 Å². The van der Waals surface area contributed by atoms with Gasteiger partial charge in [-0.15, -0.1) is 0 Å². The Morgan fingerprint density at radius 3 is 2.67 bits per heavy atom. The standard InChI is InChI=1S/C17H27NO3/c1-12(2)15-6-5-9-18(15)11-16(19)14-8-7-13(20-3)10-17(14)21-4/h7-8,10,12,15-16,19H,5-6,9,11H2,1-4H3. The summed E-state index contributed by atoms with van der Waals surface area (Å²) in [7, 11) is 3.25. The van der Waals surface area contributed by atoms with Crippen molar-refractivity contribution < 1.29 is 14.6 Å². The number of ether oxygens (including phenoxy) is 2. The van der Waals surface area contributed by atoms with E-state index in [9.17, 15) is 5.11 Å². The highest BCUT2D eigenvalue weighted by Gasteiger charge is 2.29. The summed E-state index contributed by atoms with van der Waals surface area (Å²) in [6, 6.07) is 6.15. The maximum absolute atomic E-state index is 10.6. The smallest absolute Gasteiger partial charge is 0.128 e. The Balaban J connectivity index is 2.11. The Morgan fingerprint density at radius 1 is 1.29 bits per heavy atom. The topological polar surface area (TPSA) is 41.9 Å². The van der Waals surface area contributed by atoms with Crippen molar-refractivity contribution in [2.45, 2.75) is 38.8 Å². The Morgan fingerprint density at radius 2 is 2.05 bits per heavy atom. The second-order valence-corrected chi connectivity index (χ2v) is 6.07. The third-order valence-corrected chi connectivity index (χ3v) is 4.39. The molecule has 1 aromatic carbocycles. The van der Waals surface area contributed by atoms with Gasteiger partial charge in [-0.05, 0) is 37.4 Å². The van der Waals surface area contributed by atoms with Crippen LogP contribution in [-0.4, -0.2) is 43.4 Å². The number of rotatable bonds is 6. The van der Waals surface area contributed by atoms with Crippen molar-refractivity contribution in [3.8, 4) is 11.5 Å². The average molecular weight is 293 g/mol. The van der Waals surface area contributed by atoms with E-state index in [0.717, 1.165) is 17.9 Å². The summed E-state index contributed by atoms with van der Waals surface area (Å²) in [4.78, 5) is 2.40. The molecule has 2 rings (SSSR count). The number of aliphatic hydroxyl groups is 1. The van der Waals surface area contributed by atoms with Gasteiger partial charge < -0.3 is 14.6 Å². The van der Waals surface area contributed by atoms with Crippen molar-refractivity contribution in [1.29, 1.82) is 0 Å². The normalized spacial score (nSPS) is 20.8. The van der Waals surface area contributed by atoms with Crippen molar-refractivity contribution in [3.05, 3.63) is 23.8 Å². The maximum atomic E-state index is 10.6. The largest absolute Gasteiger partial charge is 0.497 e. The van der Waals surface area contributed by atoms with Gasteiger partial charge in [-0.25, -0.2) is 0 Å². The van der Waals surface area contributed by atoms with Gasteiger partial charge in [-0.3, -0.25) is 4.90 Å². The summed E-state index contributed by atoms with van der Waals surface area (Å²) in [6.07, 6.45) is 1.91. The van der Waals surface area contributed by atoms with E-state index in [0.29, 0.717) is 24.3 Å². The predicted octanol–water partition coefficient (Wildman–Crippen LogP) is 2.86. The minimum absolute atomic E-state index is 0.537. The summed E-state index contributed by atoms with van der Waals surface area (Å²) in [5.41, 5.74) is 0.827. The van der Waals surface area contributed by atoms with E-state index in [1.807, 2.05) is 18.2 Å². The lowest BCUT2D eigenvalue weighted by Gasteiger charge is -2.30. The van der Waals surface area contributed by atoms with Crippen LogP contribution in [0.25, 0.3) is 0 Å². The number of β-amino-alcohol motifs (C(OH)–C–C–N with tert-alkyl or cyclic N) is 1. The minimum Gasteiger partial charge on any atom is -0.497 e. The van der Waals surface area contributed by atoms with Gasteiger partial charge in [0.05, 0.1) is 20.3 Å². The fraction of sp³-hybridized carbons (Fsp3) is 0.647. The van der Waals surface area contributed by atoms with Crippen LogP contribution < -0.4 is 9.47 Å². The number of methoxy groups -OCH3 is 2. The van der Waals surface area contributed by atoms with Crippen LogP contribution in [-0.2, 0) is 0 Å². The molecule has 1 saturated heterocycles. The summed E-state index contributed by atoms with van der Waals surface area (Å²) in [5.74, 6) is 2.05. The molecule has 0 radical (unpaired) electrons. The molecule has 1 heterocycles. The first-order chi connectivity index (χ1) is 10.1. The van der Waals surface area contributed by atoms with Crippen molar-refractivity contribution in [1.82, 2.24) is 4.90 Å². The predicted molar refractivity (Wildman–Crippen MR) is 83.9 cm³/mol. The van der Waals surface area contributed by atoms with E-state index in [1.54, 1.807) is 14.2 Å². The molecule has 21 heavy (non-hydrogen) atoms. The van der Waals surface area contributed by atoms with Gasteiger partial charge in [0.2, 0.25) is 0 Å². The van der Waals surface area contributed by atoms with Gasteiger partial charge >= 0.3 is 0 Å². The second kappa shape index (κ2) is 7.14. The first-order valence-corrected chi connectivity index (χ1v) is 7.70. The lowest BCUT2D eigenvalue weighted by molar-refractivity contribution is 0.0920. The molecule has 1 N–H and O–H groups in total. The fourth-order valence-corrected chi connectivity index (χ4v) is 3.25. The fourth-order valence-electron chi connectivity index (χ4n) is 3.25. The van der Waals surface area contributed by atoms with Gasteiger partial charge in [0, 0.05) is 24.2 Å². The summed E-state index contributed by atoms with van der Waals surface area (Å²) >= 11 is 0. The van der Waals surface area contributed by atoms with Gasteiger partial charge in [0.25, 0.3) is 0 Å². The van der Waals surface area contributed by atoms with Gasteiger partial charge in [0.1, 0.15) is 11.5 Å². The summed E-state index contributed by atoms with van der Waals surface area (Å²) in [6.45, 7) is 6.23. The molecule has 0 saturated carbocycles. The number of likely N-dealkylation sites (tertiary alicyclic amines) is 1. The second-order valence-electron chi connectivity index (χ2n) is 6.07. The van der Waals surface area contributed by atoms with Crippen LogP contribution in [0.1, 0.15) is 38.4 Å². The van der Waals surface area contributed by atoms with E-state index in [1.165, 1.54) is 12.8 Å². The van der Waals surface area contributed by atoms with Crippen molar-refractivity contribution in [3.63, 3.8) is 0 Å². The zero-order valence-electron chi connectivity index (χ0n) is 13.5. The average Bonchev–Trinajstić information content (AvgIpc) is 2.94. The number of aliphatic hydroxyl groups excluding tert-OH is 1.